The van der Waals surface area contributed by atoms with Crippen LogP contribution in [-0.4, -0.2) is 40.1 Å². The number of rotatable bonds is 3. The molecule has 1 heterocycles. The molecule has 0 aromatic heterocycles. The highest BCUT2D eigenvalue weighted by atomic mass is 16.4. The number of carbonyl (C=O) groups is 2. The van der Waals surface area contributed by atoms with Gasteiger partial charge in [0.2, 0.25) is 0 Å². The molecule has 0 spiro atoms. The average molecular weight is 254 g/mol. The molecule has 1 aliphatic heterocycles. The van der Waals surface area contributed by atoms with Gasteiger partial charge in [0.25, 0.3) is 0 Å². The van der Waals surface area contributed by atoms with Crippen LogP contribution in [0.4, 0.5) is 4.79 Å². The Bertz CT molecular complexity index is 350. The van der Waals surface area contributed by atoms with Gasteiger partial charge in [0.1, 0.15) is 6.04 Å². The van der Waals surface area contributed by atoms with Gasteiger partial charge in [-0.15, -0.1) is 0 Å². The van der Waals surface area contributed by atoms with Gasteiger partial charge in [-0.1, -0.05) is 0 Å². The van der Waals surface area contributed by atoms with E-state index in [1.807, 2.05) is 13.8 Å². The van der Waals surface area contributed by atoms with Crippen molar-refractivity contribution in [3.8, 4) is 0 Å². The fraction of sp³-hybridized carbons (Fsp3) is 0.846. The lowest BCUT2D eigenvalue weighted by Gasteiger charge is -2.36. The Labute approximate surface area is 108 Å². The van der Waals surface area contributed by atoms with Gasteiger partial charge in [-0.2, -0.15) is 0 Å². The molecule has 0 aromatic rings. The summed E-state index contributed by atoms with van der Waals surface area (Å²) in [5.41, 5.74) is -0.225. The van der Waals surface area contributed by atoms with E-state index in [1.165, 1.54) is 4.90 Å². The molecule has 1 saturated heterocycles. The number of aliphatic carboxylic acids is 1. The molecule has 1 aliphatic carbocycles. The number of hydrogen-bond acceptors (Lipinski definition) is 2. The number of nitrogens with zero attached hydrogens (tertiary/aromatic N) is 1. The topological polar surface area (TPSA) is 69.6 Å². The molecule has 5 nitrogen and oxygen atoms in total. The number of hydrogen-bond donors (Lipinski definition) is 2. The van der Waals surface area contributed by atoms with E-state index in [0.29, 0.717) is 18.9 Å². The van der Waals surface area contributed by atoms with Crippen LogP contribution in [0.5, 0.6) is 0 Å². The van der Waals surface area contributed by atoms with Crippen LogP contribution in [0.3, 0.4) is 0 Å². The first-order valence-corrected chi connectivity index (χ1v) is 6.73. The van der Waals surface area contributed by atoms with Crippen LogP contribution in [0.2, 0.25) is 0 Å². The Balaban J connectivity index is 1.99. The van der Waals surface area contributed by atoms with Gasteiger partial charge in [0.15, 0.2) is 0 Å². The first-order chi connectivity index (χ1) is 8.42. The number of carboxylic acid groups (broad SMARTS) is 1. The molecular weight excluding hydrogens is 232 g/mol. The first kappa shape index (κ1) is 13.2. The Morgan fingerprint density at radius 2 is 1.89 bits per heavy atom. The average Bonchev–Trinajstić information content (AvgIpc) is 3.12. The molecule has 102 valence electrons. The van der Waals surface area contributed by atoms with Crippen LogP contribution in [0, 0.1) is 5.92 Å². The second kappa shape index (κ2) is 4.78. The molecule has 2 aliphatic rings. The van der Waals surface area contributed by atoms with Crippen LogP contribution >= 0.6 is 0 Å². The number of carboxylic acids is 1. The summed E-state index contributed by atoms with van der Waals surface area (Å²) in [4.78, 5) is 24.9. The van der Waals surface area contributed by atoms with Crippen molar-refractivity contribution in [2.45, 2.75) is 57.5 Å². The highest BCUT2D eigenvalue weighted by Gasteiger charge is 2.41. The number of amides is 2. The summed E-state index contributed by atoms with van der Waals surface area (Å²) in [6.45, 7) is 4.58. The quantitative estimate of drug-likeness (QED) is 0.807. The summed E-state index contributed by atoms with van der Waals surface area (Å²) in [6.07, 6.45) is 4.63. The van der Waals surface area contributed by atoms with Crippen LogP contribution in [0.1, 0.15) is 46.0 Å². The second-order valence-corrected chi connectivity index (χ2v) is 5.97. The zero-order valence-corrected chi connectivity index (χ0v) is 11.1. The van der Waals surface area contributed by atoms with Crippen molar-refractivity contribution in [1.82, 2.24) is 10.2 Å². The van der Waals surface area contributed by atoms with Crippen LogP contribution in [0.15, 0.2) is 0 Å². The van der Waals surface area contributed by atoms with Crippen LogP contribution in [-0.2, 0) is 4.79 Å². The molecule has 2 rings (SSSR count). The van der Waals surface area contributed by atoms with Crippen molar-refractivity contribution in [3.05, 3.63) is 0 Å². The minimum atomic E-state index is -0.894. The van der Waals surface area contributed by atoms with Crippen molar-refractivity contribution in [2.75, 3.05) is 6.54 Å². The third kappa shape index (κ3) is 2.76. The lowest BCUT2D eigenvalue weighted by atomic mass is 9.98. The minimum absolute atomic E-state index is 0.223. The van der Waals surface area contributed by atoms with E-state index in [4.69, 9.17) is 5.11 Å². The Hall–Kier alpha value is -1.26. The highest BCUT2D eigenvalue weighted by Crippen LogP contribution is 2.39. The fourth-order valence-corrected chi connectivity index (χ4v) is 2.69. The maximum Gasteiger partial charge on any atom is 0.326 e. The summed E-state index contributed by atoms with van der Waals surface area (Å²) in [7, 11) is 0. The van der Waals surface area contributed by atoms with E-state index in [1.54, 1.807) is 0 Å². The summed E-state index contributed by atoms with van der Waals surface area (Å²) >= 11 is 0. The monoisotopic (exact) mass is 254 g/mol. The number of likely N-dealkylation sites (tertiary alicyclic amines) is 1. The van der Waals surface area contributed by atoms with E-state index in [2.05, 4.69) is 5.32 Å². The van der Waals surface area contributed by atoms with Crippen LogP contribution in [0.25, 0.3) is 0 Å². The zero-order valence-electron chi connectivity index (χ0n) is 11.1. The molecule has 0 radical (unpaired) electrons. The third-order valence-electron chi connectivity index (χ3n) is 4.08. The first-order valence-electron chi connectivity index (χ1n) is 6.73. The van der Waals surface area contributed by atoms with Gasteiger partial charge >= 0.3 is 12.0 Å². The van der Waals surface area contributed by atoms with Gasteiger partial charge in [0.05, 0.1) is 0 Å². The molecule has 1 atom stereocenters. The smallest absolute Gasteiger partial charge is 0.326 e. The lowest BCUT2D eigenvalue weighted by Crippen LogP contribution is -2.57. The van der Waals surface area contributed by atoms with Gasteiger partial charge < -0.3 is 15.3 Å². The largest absolute Gasteiger partial charge is 0.480 e. The number of piperidine rings is 1. The lowest BCUT2D eigenvalue weighted by molar-refractivity contribution is -0.143. The molecular formula is C13H22N2O3. The fourth-order valence-electron chi connectivity index (χ4n) is 2.69. The van der Waals surface area contributed by atoms with Crippen molar-refractivity contribution >= 4 is 12.0 Å². The van der Waals surface area contributed by atoms with Crippen molar-refractivity contribution < 1.29 is 14.7 Å². The van der Waals surface area contributed by atoms with Gasteiger partial charge in [-0.25, -0.2) is 9.59 Å². The standard InChI is InChI=1S/C13H22N2O3/c1-13(2,9-6-7-9)14-12(18)15-8-4-3-5-10(15)11(16)17/h9-10H,3-8H2,1-2H3,(H,14,18)(H,16,17). The van der Waals surface area contributed by atoms with Crippen molar-refractivity contribution in [1.29, 1.82) is 0 Å². The summed E-state index contributed by atoms with van der Waals surface area (Å²) < 4.78 is 0. The number of urea groups is 1. The summed E-state index contributed by atoms with van der Waals surface area (Å²) in [5.74, 6) is -0.358. The third-order valence-corrected chi connectivity index (χ3v) is 4.08. The highest BCUT2D eigenvalue weighted by molar-refractivity contribution is 5.83. The zero-order chi connectivity index (χ0) is 13.3. The molecule has 0 bridgehead atoms. The van der Waals surface area contributed by atoms with Crippen molar-refractivity contribution in [2.24, 2.45) is 5.92 Å². The Kier molecular flexibility index (Phi) is 3.50. The molecule has 2 amide bonds. The van der Waals surface area contributed by atoms with E-state index in [-0.39, 0.29) is 11.6 Å². The molecule has 0 aromatic carbocycles. The van der Waals surface area contributed by atoms with E-state index >= 15 is 0 Å². The van der Waals surface area contributed by atoms with Crippen LogP contribution < -0.4 is 5.32 Å². The number of carbonyl (C=O) groups excluding carboxylic acids is 1. The van der Waals surface area contributed by atoms with Gasteiger partial charge in [-0.3, -0.25) is 0 Å². The normalized spacial score (nSPS) is 24.8. The molecule has 5 heteroatoms. The predicted molar refractivity (Wildman–Crippen MR) is 67.3 cm³/mol. The molecule has 1 saturated carbocycles. The SMILES string of the molecule is CC(C)(NC(=O)N1CCCCC1C(=O)O)C1CC1. The van der Waals surface area contributed by atoms with Gasteiger partial charge in [0, 0.05) is 12.1 Å². The summed E-state index contributed by atoms with van der Waals surface area (Å²) in [5, 5.41) is 12.2. The number of nitrogens with one attached hydrogen (secondary N) is 1. The molecule has 1 unspecified atom stereocenters. The predicted octanol–water partition coefficient (Wildman–Crippen LogP) is 1.82. The van der Waals surface area contributed by atoms with E-state index < -0.39 is 12.0 Å². The molecule has 2 fully saturated rings. The molecule has 18 heavy (non-hydrogen) atoms. The Morgan fingerprint density at radius 3 is 2.44 bits per heavy atom. The van der Waals surface area contributed by atoms with E-state index in [9.17, 15) is 9.59 Å². The minimum Gasteiger partial charge on any atom is -0.480 e. The Morgan fingerprint density at radius 1 is 1.22 bits per heavy atom. The maximum atomic E-state index is 12.2. The van der Waals surface area contributed by atoms with Crippen molar-refractivity contribution in [3.63, 3.8) is 0 Å². The summed E-state index contributed by atoms with van der Waals surface area (Å²) in [6, 6.07) is -0.882. The maximum absolute atomic E-state index is 12.2. The van der Waals surface area contributed by atoms with E-state index in [0.717, 1.165) is 25.7 Å². The van der Waals surface area contributed by atoms with Gasteiger partial charge in [-0.05, 0) is 51.9 Å². The molecule has 2 N–H and O–H groups in total. The second-order valence-electron chi connectivity index (χ2n) is 5.97.